The number of ether oxygens (including phenoxy) is 2. The molecule has 1 aliphatic heterocycles. The van der Waals surface area contributed by atoms with Crippen molar-refractivity contribution < 1.29 is 9.47 Å². The van der Waals surface area contributed by atoms with Crippen molar-refractivity contribution in [2.45, 2.75) is 44.6 Å². The minimum atomic E-state index is 0.190. The standard InChI is InChI=1S/C13H23IO2/c1-11-2-5-13(10-14,6-3-11)16-9-12-4-7-15-8-12/h11-12H,2-10H2,1H3. The maximum absolute atomic E-state index is 6.26. The number of rotatable bonds is 4. The third-order valence-electron chi connectivity index (χ3n) is 4.08. The van der Waals surface area contributed by atoms with E-state index in [0.717, 1.165) is 30.2 Å². The molecule has 1 heterocycles. The third-order valence-corrected chi connectivity index (χ3v) is 5.47. The molecule has 0 aromatic rings. The van der Waals surface area contributed by atoms with Crippen LogP contribution in [0.3, 0.4) is 0 Å². The van der Waals surface area contributed by atoms with Gasteiger partial charge in [0.1, 0.15) is 0 Å². The van der Waals surface area contributed by atoms with Crippen LogP contribution in [-0.2, 0) is 9.47 Å². The summed E-state index contributed by atoms with van der Waals surface area (Å²) in [6, 6.07) is 0. The van der Waals surface area contributed by atoms with E-state index < -0.39 is 0 Å². The highest BCUT2D eigenvalue weighted by molar-refractivity contribution is 14.1. The van der Waals surface area contributed by atoms with Crippen molar-refractivity contribution in [1.29, 1.82) is 0 Å². The minimum Gasteiger partial charge on any atom is -0.381 e. The molecule has 0 N–H and O–H groups in total. The van der Waals surface area contributed by atoms with Gasteiger partial charge >= 0.3 is 0 Å². The molecule has 0 spiro atoms. The number of hydrogen-bond acceptors (Lipinski definition) is 2. The van der Waals surface area contributed by atoms with E-state index >= 15 is 0 Å². The Morgan fingerprint density at radius 2 is 2.06 bits per heavy atom. The Bertz CT molecular complexity index is 206. The molecule has 0 aromatic heterocycles. The van der Waals surface area contributed by atoms with E-state index in [0.29, 0.717) is 5.92 Å². The van der Waals surface area contributed by atoms with Crippen molar-refractivity contribution >= 4 is 22.6 Å². The van der Waals surface area contributed by atoms with Crippen molar-refractivity contribution in [2.24, 2.45) is 11.8 Å². The third kappa shape index (κ3) is 3.33. The van der Waals surface area contributed by atoms with E-state index in [9.17, 15) is 0 Å². The monoisotopic (exact) mass is 338 g/mol. The highest BCUT2D eigenvalue weighted by atomic mass is 127. The van der Waals surface area contributed by atoms with Gasteiger partial charge in [-0.15, -0.1) is 0 Å². The lowest BCUT2D eigenvalue weighted by Crippen LogP contribution is -2.39. The molecule has 3 heteroatoms. The summed E-state index contributed by atoms with van der Waals surface area (Å²) in [5.74, 6) is 1.55. The molecule has 2 aliphatic rings. The summed E-state index contributed by atoms with van der Waals surface area (Å²) in [5, 5.41) is 0. The first-order valence-electron chi connectivity index (χ1n) is 6.52. The Morgan fingerprint density at radius 1 is 1.31 bits per heavy atom. The van der Waals surface area contributed by atoms with Gasteiger partial charge in [-0.1, -0.05) is 29.5 Å². The normalized spacial score (nSPS) is 40.1. The van der Waals surface area contributed by atoms with Crippen molar-refractivity contribution in [3.63, 3.8) is 0 Å². The van der Waals surface area contributed by atoms with Crippen LogP contribution < -0.4 is 0 Å². The molecule has 0 amide bonds. The smallest absolute Gasteiger partial charge is 0.0771 e. The quantitative estimate of drug-likeness (QED) is 0.578. The highest BCUT2D eigenvalue weighted by Gasteiger charge is 2.35. The first kappa shape index (κ1) is 13.1. The fourth-order valence-electron chi connectivity index (χ4n) is 2.61. The van der Waals surface area contributed by atoms with Crippen molar-refractivity contribution in [1.82, 2.24) is 0 Å². The van der Waals surface area contributed by atoms with Gasteiger partial charge in [0.2, 0.25) is 0 Å². The zero-order chi connectivity index (χ0) is 11.4. The van der Waals surface area contributed by atoms with Crippen LogP contribution in [0.15, 0.2) is 0 Å². The van der Waals surface area contributed by atoms with Crippen LogP contribution in [0.1, 0.15) is 39.0 Å². The largest absolute Gasteiger partial charge is 0.381 e. The number of alkyl halides is 1. The molecular weight excluding hydrogens is 315 g/mol. The van der Waals surface area contributed by atoms with Gasteiger partial charge in [0.05, 0.1) is 18.8 Å². The Labute approximate surface area is 113 Å². The Morgan fingerprint density at radius 3 is 2.62 bits per heavy atom. The molecule has 2 nitrogen and oxygen atoms in total. The van der Waals surface area contributed by atoms with Crippen LogP contribution in [0.4, 0.5) is 0 Å². The molecule has 2 fully saturated rings. The molecular formula is C13H23IO2. The van der Waals surface area contributed by atoms with Crippen molar-refractivity contribution in [3.8, 4) is 0 Å². The molecule has 1 unspecified atom stereocenters. The van der Waals surface area contributed by atoms with Gasteiger partial charge in [0, 0.05) is 17.0 Å². The molecule has 1 aliphatic carbocycles. The predicted molar refractivity (Wildman–Crippen MR) is 74.1 cm³/mol. The fraction of sp³-hybridized carbons (Fsp3) is 1.00. The summed E-state index contributed by atoms with van der Waals surface area (Å²) < 4.78 is 12.8. The number of hydrogen-bond donors (Lipinski definition) is 0. The highest BCUT2D eigenvalue weighted by Crippen LogP contribution is 2.36. The van der Waals surface area contributed by atoms with Gasteiger partial charge in [-0.3, -0.25) is 0 Å². The van der Waals surface area contributed by atoms with Crippen LogP contribution in [0, 0.1) is 11.8 Å². The summed E-state index contributed by atoms with van der Waals surface area (Å²) in [6.45, 7) is 5.12. The molecule has 0 aromatic carbocycles. The fourth-order valence-corrected chi connectivity index (χ4v) is 3.60. The van der Waals surface area contributed by atoms with E-state index in [1.165, 1.54) is 32.1 Å². The SMILES string of the molecule is CC1CCC(CI)(OCC2CCOC2)CC1. The Balaban J connectivity index is 1.79. The molecule has 1 saturated heterocycles. The predicted octanol–water partition coefficient (Wildman–Crippen LogP) is 3.42. The van der Waals surface area contributed by atoms with E-state index in [4.69, 9.17) is 9.47 Å². The second-order valence-corrected chi connectivity index (χ2v) is 6.30. The summed E-state index contributed by atoms with van der Waals surface area (Å²) >= 11 is 2.50. The van der Waals surface area contributed by atoms with Gasteiger partial charge < -0.3 is 9.47 Å². The average Bonchev–Trinajstić information content (AvgIpc) is 2.82. The average molecular weight is 338 g/mol. The molecule has 16 heavy (non-hydrogen) atoms. The summed E-state index contributed by atoms with van der Waals surface area (Å²) in [7, 11) is 0. The maximum Gasteiger partial charge on any atom is 0.0771 e. The van der Waals surface area contributed by atoms with Crippen molar-refractivity contribution in [2.75, 3.05) is 24.2 Å². The summed E-state index contributed by atoms with van der Waals surface area (Å²) in [6.07, 6.45) is 6.37. The second-order valence-electron chi connectivity index (χ2n) is 5.54. The lowest BCUT2D eigenvalue weighted by molar-refractivity contribution is -0.0714. The van der Waals surface area contributed by atoms with Gasteiger partial charge in [-0.2, -0.15) is 0 Å². The zero-order valence-electron chi connectivity index (χ0n) is 10.2. The van der Waals surface area contributed by atoms with Crippen molar-refractivity contribution in [3.05, 3.63) is 0 Å². The topological polar surface area (TPSA) is 18.5 Å². The molecule has 1 atom stereocenters. The van der Waals surface area contributed by atoms with Crippen LogP contribution >= 0.6 is 22.6 Å². The Hall–Kier alpha value is 0.650. The minimum absolute atomic E-state index is 0.190. The first-order chi connectivity index (χ1) is 7.74. The first-order valence-corrected chi connectivity index (χ1v) is 8.04. The van der Waals surface area contributed by atoms with E-state index in [-0.39, 0.29) is 5.60 Å². The van der Waals surface area contributed by atoms with E-state index in [1.807, 2.05) is 0 Å². The molecule has 2 rings (SSSR count). The van der Waals surface area contributed by atoms with Crippen LogP contribution in [-0.4, -0.2) is 29.8 Å². The van der Waals surface area contributed by atoms with Crippen LogP contribution in [0.25, 0.3) is 0 Å². The van der Waals surface area contributed by atoms with Gasteiger partial charge in [-0.25, -0.2) is 0 Å². The van der Waals surface area contributed by atoms with E-state index in [1.54, 1.807) is 0 Å². The summed E-state index contributed by atoms with van der Waals surface area (Å²) in [5.41, 5.74) is 0.190. The van der Waals surface area contributed by atoms with Gasteiger partial charge in [0.25, 0.3) is 0 Å². The summed E-state index contributed by atoms with van der Waals surface area (Å²) in [4.78, 5) is 0. The van der Waals surface area contributed by atoms with Gasteiger partial charge in [-0.05, 0) is 38.0 Å². The lowest BCUT2D eigenvalue weighted by atomic mass is 9.80. The van der Waals surface area contributed by atoms with E-state index in [2.05, 4.69) is 29.5 Å². The van der Waals surface area contributed by atoms with Crippen LogP contribution in [0.5, 0.6) is 0 Å². The second kappa shape index (κ2) is 6.01. The Kier molecular flexibility index (Phi) is 4.91. The molecule has 1 saturated carbocycles. The van der Waals surface area contributed by atoms with Gasteiger partial charge in [0.15, 0.2) is 0 Å². The molecule has 0 bridgehead atoms. The number of halogens is 1. The molecule has 94 valence electrons. The lowest BCUT2D eigenvalue weighted by Gasteiger charge is -2.38. The zero-order valence-corrected chi connectivity index (χ0v) is 12.4. The van der Waals surface area contributed by atoms with Crippen LogP contribution in [0.2, 0.25) is 0 Å². The maximum atomic E-state index is 6.26. The molecule has 0 radical (unpaired) electrons.